The van der Waals surface area contributed by atoms with E-state index in [9.17, 15) is 18.7 Å². The second-order valence-electron chi connectivity index (χ2n) is 4.74. The lowest BCUT2D eigenvalue weighted by atomic mass is 9.63. The Morgan fingerprint density at radius 2 is 2.06 bits per heavy atom. The van der Waals surface area contributed by atoms with Gasteiger partial charge in [-0.3, -0.25) is 0 Å². The van der Waals surface area contributed by atoms with E-state index in [4.69, 9.17) is 0 Å². The number of halogens is 2. The molecular weight excluding hydrogens is 218 g/mol. The molecule has 1 fully saturated rings. The largest absolute Gasteiger partial charge is 0.461 e. The Morgan fingerprint density at radius 3 is 2.44 bits per heavy atom. The fraction of sp³-hybridized carbons (Fsp3) is 0.909. The van der Waals surface area contributed by atoms with Crippen molar-refractivity contribution in [2.45, 2.75) is 45.1 Å². The Morgan fingerprint density at radius 1 is 1.56 bits per heavy atom. The third kappa shape index (κ3) is 2.05. The average Bonchev–Trinajstić information content (AvgIpc) is 2.12. The maximum absolute atomic E-state index is 13.5. The first-order chi connectivity index (χ1) is 7.24. The number of ether oxygens (including phenoxy) is 1. The predicted molar refractivity (Wildman–Crippen MR) is 54.1 cm³/mol. The van der Waals surface area contributed by atoms with E-state index in [0.29, 0.717) is 0 Å². The van der Waals surface area contributed by atoms with Gasteiger partial charge >= 0.3 is 11.9 Å². The number of alkyl halides is 2. The molecule has 3 nitrogen and oxygen atoms in total. The maximum atomic E-state index is 13.5. The van der Waals surface area contributed by atoms with E-state index in [0.717, 1.165) is 0 Å². The third-order valence-corrected chi connectivity index (χ3v) is 3.26. The number of carbonyl (C=O) groups is 1. The van der Waals surface area contributed by atoms with E-state index in [1.807, 2.05) is 13.8 Å². The summed E-state index contributed by atoms with van der Waals surface area (Å²) in [6, 6.07) is 0. The van der Waals surface area contributed by atoms with Crippen molar-refractivity contribution in [3.63, 3.8) is 0 Å². The van der Waals surface area contributed by atoms with Crippen molar-refractivity contribution in [1.82, 2.24) is 0 Å². The van der Waals surface area contributed by atoms with Crippen LogP contribution in [0, 0.1) is 11.8 Å². The normalized spacial score (nSPS) is 30.1. The highest BCUT2D eigenvalue weighted by atomic mass is 19.3. The molecule has 94 valence electrons. The molecule has 1 rings (SSSR count). The van der Waals surface area contributed by atoms with Gasteiger partial charge in [-0.15, -0.1) is 0 Å². The fourth-order valence-corrected chi connectivity index (χ4v) is 1.95. The first-order valence-corrected chi connectivity index (χ1v) is 5.52. The van der Waals surface area contributed by atoms with Gasteiger partial charge < -0.3 is 9.84 Å². The molecule has 0 unspecified atom stereocenters. The van der Waals surface area contributed by atoms with Crippen molar-refractivity contribution in [3.8, 4) is 0 Å². The number of hydrogen-bond donors (Lipinski definition) is 1. The lowest BCUT2D eigenvalue weighted by Crippen LogP contribution is -2.61. The van der Waals surface area contributed by atoms with Gasteiger partial charge in [0.05, 0.1) is 6.61 Å². The van der Waals surface area contributed by atoms with Crippen molar-refractivity contribution in [2.75, 3.05) is 6.61 Å². The smallest absolute Gasteiger partial charge is 0.380 e. The van der Waals surface area contributed by atoms with E-state index in [1.54, 1.807) is 0 Å². The maximum Gasteiger partial charge on any atom is 0.380 e. The zero-order chi connectivity index (χ0) is 12.6. The minimum absolute atomic E-state index is 0.0452. The van der Waals surface area contributed by atoms with Gasteiger partial charge in [-0.2, -0.15) is 8.78 Å². The Hall–Kier alpha value is -0.710. The highest BCUT2D eigenvalue weighted by Crippen LogP contribution is 2.50. The first-order valence-electron chi connectivity index (χ1n) is 5.52. The fourth-order valence-electron chi connectivity index (χ4n) is 1.95. The molecule has 0 aromatic carbocycles. The van der Waals surface area contributed by atoms with E-state index in [1.165, 1.54) is 6.92 Å². The summed E-state index contributed by atoms with van der Waals surface area (Å²) in [5.74, 6) is -5.14. The standard InChI is InChI=1S/C11H18F2O3/c1-4-16-9(14)11(12,13)10(15)5-8(6-10)7(2)3/h7-8,15H,4-6H2,1-3H3. The third-order valence-electron chi connectivity index (χ3n) is 3.26. The van der Waals surface area contributed by atoms with Crippen LogP contribution in [0.2, 0.25) is 0 Å². The zero-order valence-electron chi connectivity index (χ0n) is 9.80. The molecule has 0 amide bonds. The highest BCUT2D eigenvalue weighted by Gasteiger charge is 2.65. The number of esters is 1. The molecule has 0 bridgehead atoms. The molecule has 1 aliphatic carbocycles. The quantitative estimate of drug-likeness (QED) is 0.759. The van der Waals surface area contributed by atoms with Crippen molar-refractivity contribution in [2.24, 2.45) is 11.8 Å². The van der Waals surface area contributed by atoms with E-state index >= 15 is 0 Å². The monoisotopic (exact) mass is 236 g/mol. The molecule has 16 heavy (non-hydrogen) atoms. The van der Waals surface area contributed by atoms with Crippen LogP contribution in [0.3, 0.4) is 0 Å². The Kier molecular flexibility index (Phi) is 3.57. The SMILES string of the molecule is CCOC(=O)C(F)(F)C1(O)CC(C(C)C)C1. The lowest BCUT2D eigenvalue weighted by molar-refractivity contribution is -0.247. The minimum Gasteiger partial charge on any atom is -0.461 e. The average molecular weight is 236 g/mol. The van der Waals surface area contributed by atoms with E-state index in [-0.39, 0.29) is 31.3 Å². The molecule has 0 aliphatic heterocycles. The Labute approximate surface area is 93.8 Å². The van der Waals surface area contributed by atoms with Crippen LogP contribution in [0.4, 0.5) is 8.78 Å². The van der Waals surface area contributed by atoms with Crippen LogP contribution in [0.15, 0.2) is 0 Å². The van der Waals surface area contributed by atoms with Crippen LogP contribution in [-0.4, -0.2) is 29.2 Å². The molecular formula is C11H18F2O3. The second-order valence-corrected chi connectivity index (χ2v) is 4.74. The minimum atomic E-state index is -3.80. The molecule has 0 atom stereocenters. The number of aliphatic hydroxyl groups is 1. The molecule has 5 heteroatoms. The van der Waals surface area contributed by atoms with Gasteiger partial charge in [0.25, 0.3) is 0 Å². The topological polar surface area (TPSA) is 46.5 Å². The van der Waals surface area contributed by atoms with Crippen LogP contribution in [0.25, 0.3) is 0 Å². The number of carbonyl (C=O) groups excluding carboxylic acids is 1. The van der Waals surface area contributed by atoms with Gasteiger partial charge in [-0.05, 0) is 31.6 Å². The zero-order valence-corrected chi connectivity index (χ0v) is 9.80. The summed E-state index contributed by atoms with van der Waals surface area (Å²) in [7, 11) is 0. The lowest BCUT2D eigenvalue weighted by Gasteiger charge is -2.48. The predicted octanol–water partition coefficient (Wildman–Crippen LogP) is 1.98. The summed E-state index contributed by atoms with van der Waals surface area (Å²) < 4.78 is 31.4. The molecule has 0 aromatic heterocycles. The van der Waals surface area contributed by atoms with E-state index in [2.05, 4.69) is 4.74 Å². The summed E-state index contributed by atoms with van der Waals surface area (Å²) in [6.45, 7) is 5.16. The number of rotatable bonds is 4. The van der Waals surface area contributed by atoms with Crippen molar-refractivity contribution >= 4 is 5.97 Å². The second kappa shape index (κ2) is 4.28. The molecule has 0 aromatic rings. The molecule has 1 N–H and O–H groups in total. The van der Waals surface area contributed by atoms with Gasteiger partial charge in [-0.25, -0.2) is 4.79 Å². The van der Waals surface area contributed by atoms with Crippen molar-refractivity contribution < 1.29 is 23.4 Å². The highest BCUT2D eigenvalue weighted by molar-refractivity contribution is 5.79. The first kappa shape index (κ1) is 13.4. The van der Waals surface area contributed by atoms with Crippen LogP contribution in [0.5, 0.6) is 0 Å². The van der Waals surface area contributed by atoms with Crippen LogP contribution < -0.4 is 0 Å². The van der Waals surface area contributed by atoms with Gasteiger partial charge in [0.2, 0.25) is 0 Å². The number of hydrogen-bond acceptors (Lipinski definition) is 3. The van der Waals surface area contributed by atoms with Crippen molar-refractivity contribution in [3.05, 3.63) is 0 Å². The van der Waals surface area contributed by atoms with Crippen LogP contribution in [-0.2, 0) is 9.53 Å². The molecule has 0 radical (unpaired) electrons. The molecule has 1 saturated carbocycles. The van der Waals surface area contributed by atoms with Crippen molar-refractivity contribution in [1.29, 1.82) is 0 Å². The Bertz CT molecular complexity index is 270. The molecule has 0 heterocycles. The van der Waals surface area contributed by atoms with Gasteiger partial charge in [0.1, 0.15) is 5.60 Å². The van der Waals surface area contributed by atoms with E-state index < -0.39 is 17.5 Å². The van der Waals surface area contributed by atoms with Crippen LogP contribution in [0.1, 0.15) is 33.6 Å². The molecule has 0 spiro atoms. The van der Waals surface area contributed by atoms with Gasteiger partial charge in [0, 0.05) is 0 Å². The summed E-state index contributed by atoms with van der Waals surface area (Å²) >= 11 is 0. The summed E-state index contributed by atoms with van der Waals surface area (Å²) in [5.41, 5.74) is -2.21. The summed E-state index contributed by atoms with van der Waals surface area (Å²) in [4.78, 5) is 11.0. The summed E-state index contributed by atoms with van der Waals surface area (Å²) in [5, 5.41) is 9.70. The summed E-state index contributed by atoms with van der Waals surface area (Å²) in [6.07, 6.45) is -0.0903. The van der Waals surface area contributed by atoms with Gasteiger partial charge in [0.15, 0.2) is 0 Å². The molecule has 0 saturated heterocycles. The van der Waals surface area contributed by atoms with Crippen LogP contribution >= 0.6 is 0 Å². The Balaban J connectivity index is 2.67. The van der Waals surface area contributed by atoms with Gasteiger partial charge in [-0.1, -0.05) is 13.8 Å². The molecule has 1 aliphatic rings.